The fourth-order valence-corrected chi connectivity index (χ4v) is 5.69. The topological polar surface area (TPSA) is 93.9 Å². The molecule has 5 rings (SSSR count). The molecule has 2 aliphatic rings. The SMILES string of the molecule is CC1(F)CCC(C(=O)c2cnc3c(ccn3-c3cncc(NS(=O)(=O)C4CC4)c3)c2)CC1. The third-order valence-electron chi connectivity index (χ3n) is 6.44. The van der Waals surface area contributed by atoms with E-state index in [1.165, 1.54) is 6.20 Å². The average molecular weight is 457 g/mol. The van der Waals surface area contributed by atoms with Crippen molar-refractivity contribution in [3.8, 4) is 5.69 Å². The number of hydrogen-bond acceptors (Lipinski definition) is 5. The van der Waals surface area contributed by atoms with Crippen molar-refractivity contribution >= 4 is 32.5 Å². The van der Waals surface area contributed by atoms with E-state index in [9.17, 15) is 17.6 Å². The van der Waals surface area contributed by atoms with E-state index in [0.29, 0.717) is 61.1 Å². The van der Waals surface area contributed by atoms with Crippen molar-refractivity contribution in [1.29, 1.82) is 0 Å². The number of carbonyl (C=O) groups excluding carboxylic acids is 1. The number of hydrogen-bond donors (Lipinski definition) is 1. The zero-order chi connectivity index (χ0) is 22.5. The number of pyridine rings is 2. The van der Waals surface area contributed by atoms with Crippen molar-refractivity contribution in [3.63, 3.8) is 0 Å². The molecule has 0 bridgehead atoms. The van der Waals surface area contributed by atoms with Crippen LogP contribution in [0.1, 0.15) is 55.8 Å². The molecule has 0 radical (unpaired) electrons. The Kier molecular flexibility index (Phi) is 5.03. The Bertz CT molecular complexity index is 1290. The lowest BCUT2D eigenvalue weighted by atomic mass is 9.78. The summed E-state index contributed by atoms with van der Waals surface area (Å²) in [6.45, 7) is 1.60. The van der Waals surface area contributed by atoms with Crippen LogP contribution in [0.4, 0.5) is 10.1 Å². The van der Waals surface area contributed by atoms with Gasteiger partial charge in [0.05, 0.1) is 29.0 Å². The monoisotopic (exact) mass is 456 g/mol. The average Bonchev–Trinajstić information content (AvgIpc) is 3.54. The molecular formula is C23H25FN4O3S. The van der Waals surface area contributed by atoms with Crippen LogP contribution in [-0.4, -0.2) is 39.7 Å². The van der Waals surface area contributed by atoms with Gasteiger partial charge >= 0.3 is 0 Å². The lowest BCUT2D eigenvalue weighted by Gasteiger charge is -2.30. The van der Waals surface area contributed by atoms with E-state index >= 15 is 0 Å². The normalized spacial score (nSPS) is 23.9. The summed E-state index contributed by atoms with van der Waals surface area (Å²) in [6.07, 6.45) is 9.78. The van der Waals surface area contributed by atoms with Gasteiger partial charge in [-0.2, -0.15) is 0 Å². The van der Waals surface area contributed by atoms with Gasteiger partial charge in [0.15, 0.2) is 5.78 Å². The fraction of sp³-hybridized carbons (Fsp3) is 0.435. The minimum Gasteiger partial charge on any atom is -0.300 e. The minimum atomic E-state index is -3.38. The largest absolute Gasteiger partial charge is 0.300 e. The van der Waals surface area contributed by atoms with Gasteiger partial charge in [-0.3, -0.25) is 19.1 Å². The number of sulfonamides is 1. The van der Waals surface area contributed by atoms with E-state index in [0.717, 1.165) is 5.39 Å². The molecule has 32 heavy (non-hydrogen) atoms. The van der Waals surface area contributed by atoms with Crippen LogP contribution in [0.15, 0.2) is 43.0 Å². The summed E-state index contributed by atoms with van der Waals surface area (Å²) in [6, 6.07) is 5.39. The molecule has 0 aliphatic heterocycles. The summed E-state index contributed by atoms with van der Waals surface area (Å²) < 4.78 is 42.9. The number of alkyl halides is 1. The van der Waals surface area contributed by atoms with Gasteiger partial charge < -0.3 is 0 Å². The summed E-state index contributed by atoms with van der Waals surface area (Å²) in [5.41, 5.74) is 1.07. The van der Waals surface area contributed by atoms with Gasteiger partial charge in [-0.15, -0.1) is 0 Å². The van der Waals surface area contributed by atoms with Crippen LogP contribution in [0.25, 0.3) is 16.7 Å². The fourth-order valence-electron chi connectivity index (χ4n) is 4.33. The number of ketones is 1. The van der Waals surface area contributed by atoms with E-state index in [2.05, 4.69) is 14.7 Å². The van der Waals surface area contributed by atoms with Crippen molar-refractivity contribution in [2.24, 2.45) is 5.92 Å². The highest BCUT2D eigenvalue weighted by Crippen LogP contribution is 2.36. The molecule has 0 saturated heterocycles. The number of carbonyl (C=O) groups is 1. The van der Waals surface area contributed by atoms with Gasteiger partial charge in [-0.1, -0.05) is 0 Å². The maximum Gasteiger partial charge on any atom is 0.235 e. The number of fused-ring (bicyclic) bond motifs is 1. The number of nitrogens with zero attached hydrogens (tertiary/aromatic N) is 3. The Hall–Kier alpha value is -2.81. The second-order valence-electron chi connectivity index (χ2n) is 9.15. The third-order valence-corrected chi connectivity index (χ3v) is 8.30. The molecule has 0 aromatic carbocycles. The minimum absolute atomic E-state index is 0.0146. The Morgan fingerprint density at radius 2 is 1.91 bits per heavy atom. The summed E-state index contributed by atoms with van der Waals surface area (Å²) in [7, 11) is -3.38. The van der Waals surface area contributed by atoms with E-state index in [1.807, 2.05) is 18.3 Å². The summed E-state index contributed by atoms with van der Waals surface area (Å²) in [5, 5.41) is 0.477. The molecule has 0 amide bonds. The molecule has 0 spiro atoms. The highest BCUT2D eigenvalue weighted by molar-refractivity contribution is 7.93. The number of anilines is 1. The molecular weight excluding hydrogens is 431 g/mol. The molecule has 0 unspecified atom stereocenters. The zero-order valence-corrected chi connectivity index (χ0v) is 18.6. The van der Waals surface area contributed by atoms with Gasteiger partial charge in [-0.25, -0.2) is 17.8 Å². The first kappa shape index (κ1) is 21.1. The van der Waals surface area contributed by atoms with Crippen LogP contribution >= 0.6 is 0 Å². The first-order valence-electron chi connectivity index (χ1n) is 10.9. The molecule has 3 heterocycles. The van der Waals surface area contributed by atoms with Crippen LogP contribution in [0.5, 0.6) is 0 Å². The Balaban J connectivity index is 1.39. The number of aromatic nitrogens is 3. The molecule has 1 N–H and O–H groups in total. The maximum atomic E-state index is 14.1. The highest BCUT2D eigenvalue weighted by atomic mass is 32.2. The van der Waals surface area contributed by atoms with Gasteiger partial charge in [0, 0.05) is 29.3 Å². The van der Waals surface area contributed by atoms with Crippen molar-refractivity contribution < 1.29 is 17.6 Å². The van der Waals surface area contributed by atoms with Crippen molar-refractivity contribution in [3.05, 3.63) is 48.5 Å². The van der Waals surface area contributed by atoms with Crippen LogP contribution in [0, 0.1) is 5.92 Å². The quantitative estimate of drug-likeness (QED) is 0.554. The van der Waals surface area contributed by atoms with E-state index in [-0.39, 0.29) is 17.0 Å². The molecule has 3 aromatic rings. The van der Waals surface area contributed by atoms with Gasteiger partial charge in [0.1, 0.15) is 11.3 Å². The van der Waals surface area contributed by atoms with Gasteiger partial charge in [0.25, 0.3) is 0 Å². The number of Topliss-reactive ketones (excluding diaryl/α,β-unsaturated/α-hetero) is 1. The second kappa shape index (κ2) is 7.65. The first-order valence-corrected chi connectivity index (χ1v) is 12.4. The van der Waals surface area contributed by atoms with Crippen LogP contribution in [0.3, 0.4) is 0 Å². The van der Waals surface area contributed by atoms with E-state index in [4.69, 9.17) is 0 Å². The second-order valence-corrected chi connectivity index (χ2v) is 11.1. The Labute approximate surface area is 186 Å². The Morgan fingerprint density at radius 1 is 1.16 bits per heavy atom. The standard InChI is InChI=1S/C23H25FN4O3S/c1-23(24)7-4-15(5-8-23)21(29)17-10-16-6-9-28(22(16)26-12-17)19-11-18(13-25-14-19)27-32(30,31)20-2-3-20/h6,9-15,20,27H,2-5,7-8H2,1H3. The van der Waals surface area contributed by atoms with Crippen LogP contribution < -0.4 is 4.72 Å². The molecule has 3 aromatic heterocycles. The number of halogens is 1. The molecule has 0 atom stereocenters. The summed E-state index contributed by atoms with van der Waals surface area (Å²) in [4.78, 5) is 21.6. The molecule has 2 saturated carbocycles. The Morgan fingerprint density at radius 3 is 2.62 bits per heavy atom. The van der Waals surface area contributed by atoms with Crippen LogP contribution in [0.2, 0.25) is 0 Å². The van der Waals surface area contributed by atoms with Crippen LogP contribution in [-0.2, 0) is 10.0 Å². The highest BCUT2D eigenvalue weighted by Gasteiger charge is 2.36. The van der Waals surface area contributed by atoms with Crippen molar-refractivity contribution in [2.75, 3.05) is 4.72 Å². The van der Waals surface area contributed by atoms with Gasteiger partial charge in [-0.05, 0) is 63.6 Å². The van der Waals surface area contributed by atoms with Crippen molar-refractivity contribution in [2.45, 2.75) is 56.4 Å². The van der Waals surface area contributed by atoms with Gasteiger partial charge in [0.2, 0.25) is 10.0 Å². The van der Waals surface area contributed by atoms with E-state index in [1.54, 1.807) is 30.0 Å². The van der Waals surface area contributed by atoms with E-state index < -0.39 is 15.7 Å². The maximum absolute atomic E-state index is 14.1. The molecule has 168 valence electrons. The molecule has 2 fully saturated rings. The molecule has 7 nitrogen and oxygen atoms in total. The van der Waals surface area contributed by atoms with Crippen molar-refractivity contribution in [1.82, 2.24) is 14.5 Å². The lowest BCUT2D eigenvalue weighted by Crippen LogP contribution is -2.29. The smallest absolute Gasteiger partial charge is 0.235 e. The third kappa shape index (κ3) is 4.13. The molecule has 9 heteroatoms. The predicted molar refractivity (Wildman–Crippen MR) is 120 cm³/mol. The summed E-state index contributed by atoms with van der Waals surface area (Å²) in [5.74, 6) is -0.152. The molecule has 2 aliphatic carbocycles. The lowest BCUT2D eigenvalue weighted by molar-refractivity contribution is 0.0734. The number of nitrogens with one attached hydrogen (secondary N) is 1. The predicted octanol–water partition coefficient (Wildman–Crippen LogP) is 4.43. The number of rotatable bonds is 6. The zero-order valence-electron chi connectivity index (χ0n) is 17.8. The first-order chi connectivity index (χ1) is 15.2. The summed E-state index contributed by atoms with van der Waals surface area (Å²) >= 11 is 0.